The van der Waals surface area contributed by atoms with Crippen molar-refractivity contribution in [3.63, 3.8) is 0 Å². The molecule has 1 aliphatic rings. The number of hydrogen-bond acceptors (Lipinski definition) is 1. The molecule has 102 valence electrons. The van der Waals surface area contributed by atoms with Crippen molar-refractivity contribution in [2.75, 3.05) is 13.5 Å². The van der Waals surface area contributed by atoms with Crippen LogP contribution < -0.4 is 5.32 Å². The van der Waals surface area contributed by atoms with Crippen LogP contribution in [0.25, 0.3) is 12.2 Å². The topological polar surface area (TPSA) is 12.0 Å². The van der Waals surface area contributed by atoms with Gasteiger partial charge < -0.3 is 5.32 Å². The highest BCUT2D eigenvalue weighted by atomic mass is 14.8. The standard InChI is InChI=1S/C19H21N/c1-20-14-6-11-19-17-9-4-2-7-15(17)12-13-16-8-3-5-10-18(16)19/h2-5,7-10,12-13,19-20H,6,11,14H2,1H3/i1D3. The molecule has 0 unspecified atom stereocenters. The molecular formula is C19H21N. The zero-order chi connectivity index (χ0) is 16.3. The van der Waals surface area contributed by atoms with E-state index in [9.17, 15) is 0 Å². The van der Waals surface area contributed by atoms with Gasteiger partial charge in [-0.05, 0) is 48.6 Å². The Kier molecular flexibility index (Phi) is 3.02. The Balaban J connectivity index is 1.84. The molecule has 0 saturated heterocycles. The van der Waals surface area contributed by atoms with Crippen molar-refractivity contribution in [1.29, 1.82) is 0 Å². The molecule has 0 amide bonds. The number of rotatable bonds is 4. The normalized spacial score (nSPS) is 16.5. The van der Waals surface area contributed by atoms with Gasteiger partial charge in [0.2, 0.25) is 0 Å². The minimum absolute atomic E-state index is 0.302. The quantitative estimate of drug-likeness (QED) is 0.813. The molecular weight excluding hydrogens is 242 g/mol. The molecule has 1 aliphatic carbocycles. The summed E-state index contributed by atoms with van der Waals surface area (Å²) in [5, 5.41) is 2.61. The Morgan fingerprint density at radius 2 is 1.55 bits per heavy atom. The Labute approximate surface area is 125 Å². The van der Waals surface area contributed by atoms with Crippen LogP contribution in [0.3, 0.4) is 0 Å². The minimum atomic E-state index is -2.05. The monoisotopic (exact) mass is 266 g/mol. The SMILES string of the molecule is [2H]C([2H])([2H])NCCCC1c2ccccc2C=Cc2ccccc21. The van der Waals surface area contributed by atoms with E-state index in [1.54, 1.807) is 0 Å². The van der Waals surface area contributed by atoms with E-state index in [2.05, 4.69) is 66.0 Å². The van der Waals surface area contributed by atoms with Crippen LogP contribution in [0.4, 0.5) is 0 Å². The zero-order valence-electron chi connectivity index (χ0n) is 14.5. The van der Waals surface area contributed by atoms with Gasteiger partial charge in [0.25, 0.3) is 0 Å². The molecule has 0 bridgehead atoms. The largest absolute Gasteiger partial charge is 0.320 e. The lowest BCUT2D eigenvalue weighted by molar-refractivity contribution is 0.628. The maximum atomic E-state index is 7.24. The van der Waals surface area contributed by atoms with Crippen molar-refractivity contribution in [1.82, 2.24) is 5.32 Å². The second-order valence-corrected chi connectivity index (χ2v) is 5.21. The van der Waals surface area contributed by atoms with Gasteiger partial charge in [-0.2, -0.15) is 0 Å². The summed E-state index contributed by atoms with van der Waals surface area (Å²) in [5.41, 5.74) is 5.14. The Morgan fingerprint density at radius 3 is 2.15 bits per heavy atom. The highest BCUT2D eigenvalue weighted by Crippen LogP contribution is 2.37. The third-order valence-electron chi connectivity index (χ3n) is 3.98. The van der Waals surface area contributed by atoms with E-state index in [-0.39, 0.29) is 0 Å². The molecule has 0 heterocycles. The molecule has 2 aromatic rings. The van der Waals surface area contributed by atoms with Crippen LogP contribution >= 0.6 is 0 Å². The van der Waals surface area contributed by atoms with Crippen LogP contribution in [0, 0.1) is 0 Å². The smallest absolute Gasteiger partial charge is 0.0391 e. The molecule has 0 fully saturated rings. The second kappa shape index (κ2) is 6.06. The number of fused-ring (bicyclic) bond motifs is 2. The van der Waals surface area contributed by atoms with Gasteiger partial charge in [-0.3, -0.25) is 0 Å². The third kappa shape index (κ3) is 2.54. The van der Waals surface area contributed by atoms with Crippen molar-refractivity contribution in [2.45, 2.75) is 18.8 Å². The predicted molar refractivity (Wildman–Crippen MR) is 86.8 cm³/mol. The molecule has 1 nitrogen and oxygen atoms in total. The van der Waals surface area contributed by atoms with Crippen molar-refractivity contribution in [3.05, 3.63) is 70.8 Å². The lowest BCUT2D eigenvalue weighted by atomic mass is 9.84. The lowest BCUT2D eigenvalue weighted by Gasteiger charge is -2.20. The first kappa shape index (κ1) is 9.95. The van der Waals surface area contributed by atoms with E-state index >= 15 is 0 Å². The minimum Gasteiger partial charge on any atom is -0.320 e. The van der Waals surface area contributed by atoms with Crippen molar-refractivity contribution in [2.24, 2.45) is 0 Å². The summed E-state index contributed by atoms with van der Waals surface area (Å²) in [4.78, 5) is 0. The van der Waals surface area contributed by atoms with E-state index in [0.717, 1.165) is 12.8 Å². The van der Waals surface area contributed by atoms with Gasteiger partial charge >= 0.3 is 0 Å². The zero-order valence-corrected chi connectivity index (χ0v) is 11.5. The van der Waals surface area contributed by atoms with Gasteiger partial charge in [0.1, 0.15) is 0 Å². The van der Waals surface area contributed by atoms with Crippen LogP contribution in [0.1, 0.15) is 45.1 Å². The summed E-state index contributed by atoms with van der Waals surface area (Å²) >= 11 is 0. The average molecular weight is 266 g/mol. The van der Waals surface area contributed by atoms with Gasteiger partial charge in [0, 0.05) is 10.0 Å². The predicted octanol–water partition coefficient (Wildman–Crippen LogP) is 4.30. The average Bonchev–Trinajstić information content (AvgIpc) is 2.68. The van der Waals surface area contributed by atoms with Crippen LogP contribution in [-0.4, -0.2) is 13.5 Å². The molecule has 0 spiro atoms. The van der Waals surface area contributed by atoms with Crippen LogP contribution in [0.2, 0.25) is 0 Å². The second-order valence-electron chi connectivity index (χ2n) is 5.21. The lowest BCUT2D eigenvalue weighted by Crippen LogP contribution is -2.11. The molecule has 2 aromatic carbocycles. The number of benzene rings is 2. The highest BCUT2D eigenvalue weighted by molar-refractivity contribution is 5.76. The summed E-state index contributed by atoms with van der Waals surface area (Å²) in [5.74, 6) is 0.302. The molecule has 20 heavy (non-hydrogen) atoms. The fraction of sp³-hybridized carbons (Fsp3) is 0.263. The summed E-state index contributed by atoms with van der Waals surface area (Å²) in [7, 11) is 0. The summed E-state index contributed by atoms with van der Waals surface area (Å²) in [6.45, 7) is -1.55. The highest BCUT2D eigenvalue weighted by Gasteiger charge is 2.20. The van der Waals surface area contributed by atoms with Gasteiger partial charge in [-0.25, -0.2) is 0 Å². The first-order valence-electron chi connectivity index (χ1n) is 8.65. The van der Waals surface area contributed by atoms with Gasteiger partial charge in [-0.1, -0.05) is 60.7 Å². The Bertz CT molecular complexity index is 654. The summed E-state index contributed by atoms with van der Waals surface area (Å²) in [6, 6.07) is 16.9. The Hall–Kier alpha value is -1.86. The molecule has 0 radical (unpaired) electrons. The fourth-order valence-corrected chi connectivity index (χ4v) is 3.01. The molecule has 3 rings (SSSR count). The van der Waals surface area contributed by atoms with E-state index < -0.39 is 6.98 Å². The number of hydrogen-bond donors (Lipinski definition) is 1. The van der Waals surface area contributed by atoms with Crippen molar-refractivity contribution >= 4 is 12.2 Å². The molecule has 1 heteroatoms. The molecule has 0 aromatic heterocycles. The van der Waals surface area contributed by atoms with Crippen LogP contribution in [0.15, 0.2) is 48.5 Å². The maximum absolute atomic E-state index is 7.24. The maximum Gasteiger partial charge on any atom is 0.0391 e. The molecule has 1 N–H and O–H groups in total. The molecule has 0 aliphatic heterocycles. The van der Waals surface area contributed by atoms with E-state index in [1.807, 2.05) is 0 Å². The summed E-state index contributed by atoms with van der Waals surface area (Å²) in [6.07, 6.45) is 6.11. The first-order chi connectivity index (χ1) is 11.0. The van der Waals surface area contributed by atoms with E-state index in [4.69, 9.17) is 4.11 Å². The summed E-state index contributed by atoms with van der Waals surface area (Å²) < 4.78 is 21.7. The van der Waals surface area contributed by atoms with Crippen molar-refractivity contribution in [3.8, 4) is 0 Å². The molecule has 0 saturated carbocycles. The fourth-order valence-electron chi connectivity index (χ4n) is 3.01. The third-order valence-corrected chi connectivity index (χ3v) is 3.98. The van der Waals surface area contributed by atoms with Gasteiger partial charge in [0.15, 0.2) is 0 Å². The Morgan fingerprint density at radius 1 is 0.950 bits per heavy atom. The number of nitrogens with one attached hydrogen (secondary N) is 1. The van der Waals surface area contributed by atoms with Gasteiger partial charge in [-0.15, -0.1) is 0 Å². The molecule has 0 atom stereocenters. The first-order valence-corrected chi connectivity index (χ1v) is 7.15. The van der Waals surface area contributed by atoms with Crippen LogP contribution in [0.5, 0.6) is 0 Å². The van der Waals surface area contributed by atoms with Crippen LogP contribution in [-0.2, 0) is 0 Å². The van der Waals surface area contributed by atoms with Crippen molar-refractivity contribution < 1.29 is 4.11 Å². The van der Waals surface area contributed by atoms with Gasteiger partial charge in [0.05, 0.1) is 0 Å². The van der Waals surface area contributed by atoms with E-state index in [0.29, 0.717) is 12.5 Å². The van der Waals surface area contributed by atoms with E-state index in [1.165, 1.54) is 22.3 Å².